The molecule has 1 nitrogen and oxygen atoms in total. The van der Waals surface area contributed by atoms with E-state index in [1.165, 1.54) is 17.4 Å². The smallest absolute Gasteiger partial charge is 0.141 e. The Balaban J connectivity index is 2.23. The largest absolute Gasteiger partial charge is 0.310 e. The van der Waals surface area contributed by atoms with Gasteiger partial charge in [0.2, 0.25) is 0 Å². The molecular weight excluding hydrogens is 352 g/mol. The Morgan fingerprint density at radius 3 is 2.57 bits per heavy atom. The van der Waals surface area contributed by atoms with E-state index in [-0.39, 0.29) is 11.1 Å². The van der Waals surface area contributed by atoms with E-state index in [0.29, 0.717) is 15.1 Å². The van der Waals surface area contributed by atoms with E-state index in [1.807, 2.05) is 6.07 Å². The second-order valence-corrected chi connectivity index (χ2v) is 7.43. The third kappa shape index (κ3) is 4.57. The minimum Gasteiger partial charge on any atom is -0.310 e. The zero-order valence-electron chi connectivity index (χ0n) is 11.4. The van der Waals surface area contributed by atoms with Gasteiger partial charge in [0, 0.05) is 11.6 Å². The Labute approximate surface area is 143 Å². The molecule has 1 aromatic heterocycles. The first kappa shape index (κ1) is 17.0. The van der Waals surface area contributed by atoms with E-state index in [1.54, 1.807) is 12.1 Å². The van der Waals surface area contributed by atoms with Gasteiger partial charge in [-0.1, -0.05) is 47.8 Å². The second kappa shape index (κ2) is 7.80. The lowest BCUT2D eigenvalue weighted by Gasteiger charge is -2.18. The van der Waals surface area contributed by atoms with Gasteiger partial charge in [-0.3, -0.25) is 0 Å². The molecular formula is C15H15Cl3FNS. The summed E-state index contributed by atoms with van der Waals surface area (Å²) in [5.41, 5.74) is 1.92. The van der Waals surface area contributed by atoms with Crippen LogP contribution in [0.2, 0.25) is 13.7 Å². The fourth-order valence-corrected chi connectivity index (χ4v) is 3.89. The van der Waals surface area contributed by atoms with Crippen molar-refractivity contribution in [1.82, 2.24) is 5.32 Å². The molecule has 0 aliphatic heterocycles. The molecule has 1 aromatic carbocycles. The number of nitrogens with one attached hydrogen (secondary N) is 1. The van der Waals surface area contributed by atoms with Gasteiger partial charge in [0.05, 0.1) is 13.7 Å². The maximum atomic E-state index is 13.2. The lowest BCUT2D eigenvalue weighted by molar-refractivity contribution is 0.530. The molecule has 0 radical (unpaired) electrons. The summed E-state index contributed by atoms with van der Waals surface area (Å²) in [4.78, 5) is 0. The van der Waals surface area contributed by atoms with E-state index < -0.39 is 5.82 Å². The van der Waals surface area contributed by atoms with Crippen molar-refractivity contribution in [2.24, 2.45) is 0 Å². The number of rotatable bonds is 6. The Morgan fingerprint density at radius 1 is 1.24 bits per heavy atom. The maximum absolute atomic E-state index is 13.2. The first-order valence-electron chi connectivity index (χ1n) is 6.63. The zero-order valence-corrected chi connectivity index (χ0v) is 14.5. The van der Waals surface area contributed by atoms with Crippen LogP contribution in [0.1, 0.15) is 30.5 Å². The van der Waals surface area contributed by atoms with Gasteiger partial charge in [0.15, 0.2) is 0 Å². The fraction of sp³-hybridized carbons (Fsp3) is 0.333. The minimum atomic E-state index is -0.407. The van der Waals surface area contributed by atoms with Gasteiger partial charge in [-0.05, 0) is 43.1 Å². The van der Waals surface area contributed by atoms with E-state index in [2.05, 4.69) is 12.2 Å². The average molecular weight is 367 g/mol. The number of hydrogen-bond acceptors (Lipinski definition) is 2. The predicted octanol–water partition coefficient (Wildman–Crippen LogP) is 6.13. The van der Waals surface area contributed by atoms with Crippen LogP contribution in [0.5, 0.6) is 0 Å². The molecule has 1 unspecified atom stereocenters. The van der Waals surface area contributed by atoms with Gasteiger partial charge >= 0.3 is 0 Å². The Morgan fingerprint density at radius 2 is 2.00 bits per heavy atom. The molecule has 1 atom stereocenters. The summed E-state index contributed by atoms with van der Waals surface area (Å²) >= 11 is 19.5. The number of halogens is 4. The standard InChI is InChI=1S/C15H15Cl3FNS/c1-2-5-20-13(10-8-14(17)21-15(10)18)7-9-3-4-12(19)11(16)6-9/h3-4,6,8,13,20H,2,5,7H2,1H3. The lowest BCUT2D eigenvalue weighted by Crippen LogP contribution is -2.24. The van der Waals surface area contributed by atoms with Crippen LogP contribution in [0.3, 0.4) is 0 Å². The summed E-state index contributed by atoms with van der Waals surface area (Å²) in [6.45, 7) is 2.96. The summed E-state index contributed by atoms with van der Waals surface area (Å²) in [6, 6.07) is 6.69. The third-order valence-electron chi connectivity index (χ3n) is 3.12. The highest BCUT2D eigenvalue weighted by Crippen LogP contribution is 2.36. The maximum Gasteiger partial charge on any atom is 0.141 e. The zero-order chi connectivity index (χ0) is 15.4. The summed E-state index contributed by atoms with van der Waals surface area (Å²) in [5.74, 6) is -0.407. The molecule has 1 N–H and O–H groups in total. The van der Waals surface area contributed by atoms with Crippen LogP contribution in [0, 0.1) is 5.82 Å². The Hall–Kier alpha value is -0.320. The normalized spacial score (nSPS) is 12.6. The van der Waals surface area contributed by atoms with Crippen LogP contribution in [0.15, 0.2) is 24.3 Å². The van der Waals surface area contributed by atoms with Crippen LogP contribution < -0.4 is 5.32 Å². The Bertz CT molecular complexity index is 615. The van der Waals surface area contributed by atoms with Gasteiger partial charge in [-0.15, -0.1) is 11.3 Å². The van der Waals surface area contributed by atoms with Crippen LogP contribution in [0.4, 0.5) is 4.39 Å². The third-order valence-corrected chi connectivity index (χ3v) is 4.93. The molecule has 0 bridgehead atoms. The average Bonchev–Trinajstić information content (AvgIpc) is 2.77. The highest BCUT2D eigenvalue weighted by atomic mass is 35.5. The van der Waals surface area contributed by atoms with E-state index in [9.17, 15) is 4.39 Å². The molecule has 2 aromatic rings. The molecule has 6 heteroatoms. The molecule has 1 heterocycles. The van der Waals surface area contributed by atoms with Crippen molar-refractivity contribution < 1.29 is 4.39 Å². The number of thiophene rings is 1. The summed E-state index contributed by atoms with van der Waals surface area (Å²) in [7, 11) is 0. The van der Waals surface area contributed by atoms with Gasteiger partial charge < -0.3 is 5.32 Å². The van der Waals surface area contributed by atoms with Crippen LogP contribution in [-0.2, 0) is 6.42 Å². The molecule has 0 amide bonds. The number of benzene rings is 1. The van der Waals surface area contributed by atoms with Crippen molar-refractivity contribution in [3.8, 4) is 0 Å². The molecule has 2 rings (SSSR count). The SMILES string of the molecule is CCCNC(Cc1ccc(F)c(Cl)c1)c1cc(Cl)sc1Cl. The highest BCUT2D eigenvalue weighted by molar-refractivity contribution is 7.20. The molecule has 0 aliphatic carbocycles. The van der Waals surface area contributed by atoms with Crippen LogP contribution >= 0.6 is 46.1 Å². The molecule has 0 saturated heterocycles. The number of hydrogen-bond donors (Lipinski definition) is 1. The minimum absolute atomic E-state index is 0.0303. The molecule has 0 aliphatic rings. The van der Waals surface area contributed by atoms with E-state index >= 15 is 0 Å². The fourth-order valence-electron chi connectivity index (χ4n) is 2.10. The highest BCUT2D eigenvalue weighted by Gasteiger charge is 2.18. The van der Waals surface area contributed by atoms with Gasteiger partial charge in [-0.25, -0.2) is 4.39 Å². The first-order chi connectivity index (χ1) is 10.0. The molecule has 0 fully saturated rings. The van der Waals surface area contributed by atoms with Crippen molar-refractivity contribution in [2.45, 2.75) is 25.8 Å². The van der Waals surface area contributed by atoms with Crippen molar-refractivity contribution >= 4 is 46.1 Å². The summed E-state index contributed by atoms with van der Waals surface area (Å²) in [5, 5.41) is 3.58. The Kier molecular flexibility index (Phi) is 6.33. The van der Waals surface area contributed by atoms with Gasteiger partial charge in [0.1, 0.15) is 5.82 Å². The van der Waals surface area contributed by atoms with E-state index in [4.69, 9.17) is 34.8 Å². The van der Waals surface area contributed by atoms with Crippen molar-refractivity contribution in [3.05, 3.63) is 54.9 Å². The summed E-state index contributed by atoms with van der Waals surface area (Å²) < 4.78 is 14.6. The second-order valence-electron chi connectivity index (χ2n) is 4.74. The monoisotopic (exact) mass is 365 g/mol. The van der Waals surface area contributed by atoms with Crippen molar-refractivity contribution in [3.63, 3.8) is 0 Å². The van der Waals surface area contributed by atoms with Gasteiger partial charge in [0.25, 0.3) is 0 Å². The first-order valence-corrected chi connectivity index (χ1v) is 8.58. The molecule has 0 spiro atoms. The molecule has 0 saturated carbocycles. The van der Waals surface area contributed by atoms with Crippen molar-refractivity contribution in [2.75, 3.05) is 6.54 Å². The molecule has 114 valence electrons. The summed E-state index contributed by atoms with van der Waals surface area (Å²) in [6.07, 6.45) is 1.68. The van der Waals surface area contributed by atoms with Crippen LogP contribution in [-0.4, -0.2) is 6.54 Å². The van der Waals surface area contributed by atoms with E-state index in [0.717, 1.165) is 24.1 Å². The van der Waals surface area contributed by atoms with Crippen molar-refractivity contribution in [1.29, 1.82) is 0 Å². The van der Waals surface area contributed by atoms with Gasteiger partial charge in [-0.2, -0.15) is 0 Å². The predicted molar refractivity (Wildman–Crippen MR) is 90.5 cm³/mol. The molecule has 21 heavy (non-hydrogen) atoms. The lowest BCUT2D eigenvalue weighted by atomic mass is 10.0. The topological polar surface area (TPSA) is 12.0 Å². The van der Waals surface area contributed by atoms with Crippen LogP contribution in [0.25, 0.3) is 0 Å². The quantitative estimate of drug-likeness (QED) is 0.648.